The fourth-order valence-electron chi connectivity index (χ4n) is 2.33. The normalized spacial score (nSPS) is 22.8. The highest BCUT2D eigenvalue weighted by molar-refractivity contribution is 7.99. The molecule has 0 radical (unpaired) electrons. The molecule has 2 aliphatic heterocycles. The summed E-state index contributed by atoms with van der Waals surface area (Å²) in [5.41, 5.74) is 0.641. The molecule has 20 heavy (non-hydrogen) atoms. The van der Waals surface area contributed by atoms with E-state index in [4.69, 9.17) is 9.47 Å². The van der Waals surface area contributed by atoms with Crippen molar-refractivity contribution in [1.82, 2.24) is 9.88 Å². The molecule has 5 nitrogen and oxygen atoms in total. The van der Waals surface area contributed by atoms with E-state index in [-0.39, 0.29) is 12.0 Å². The van der Waals surface area contributed by atoms with Gasteiger partial charge >= 0.3 is 0 Å². The average Bonchev–Trinajstić information content (AvgIpc) is 3.01. The van der Waals surface area contributed by atoms with E-state index in [9.17, 15) is 4.79 Å². The molecule has 3 rings (SSSR count). The van der Waals surface area contributed by atoms with Gasteiger partial charge in [-0.1, -0.05) is 0 Å². The van der Waals surface area contributed by atoms with E-state index in [1.165, 1.54) is 0 Å². The first-order valence-corrected chi connectivity index (χ1v) is 8.06. The van der Waals surface area contributed by atoms with Gasteiger partial charge in [-0.05, 0) is 18.2 Å². The zero-order chi connectivity index (χ0) is 13.8. The molecule has 2 aliphatic rings. The van der Waals surface area contributed by atoms with Crippen LogP contribution in [-0.4, -0.2) is 59.7 Å². The topological polar surface area (TPSA) is 51.7 Å². The summed E-state index contributed by atoms with van der Waals surface area (Å²) in [6.45, 7) is 2.52. The molecule has 2 saturated heterocycles. The summed E-state index contributed by atoms with van der Waals surface area (Å²) < 4.78 is 11.1. The third-order valence-electron chi connectivity index (χ3n) is 3.46. The van der Waals surface area contributed by atoms with Crippen LogP contribution < -0.4 is 4.74 Å². The van der Waals surface area contributed by atoms with Crippen molar-refractivity contribution in [2.45, 2.75) is 12.5 Å². The van der Waals surface area contributed by atoms with Gasteiger partial charge in [-0.2, -0.15) is 11.8 Å². The van der Waals surface area contributed by atoms with Crippen LogP contribution >= 0.6 is 11.8 Å². The van der Waals surface area contributed by atoms with Gasteiger partial charge in [-0.3, -0.25) is 4.79 Å². The summed E-state index contributed by atoms with van der Waals surface area (Å²) in [5.74, 6) is 2.72. The maximum atomic E-state index is 12.4. The standard InChI is InChI=1S/C14H18N2O3S/c17-14(16-4-6-18-7-5-16)11-1-3-15-13(9-11)19-12-2-8-20-10-12/h1,3,9,12H,2,4-8,10H2/t12-/m1/s1. The molecular formula is C14H18N2O3S. The Labute approximate surface area is 122 Å². The minimum atomic E-state index is 0.0290. The summed E-state index contributed by atoms with van der Waals surface area (Å²) in [7, 11) is 0. The number of hydrogen-bond donors (Lipinski definition) is 0. The van der Waals surface area contributed by atoms with Gasteiger partial charge < -0.3 is 14.4 Å². The maximum absolute atomic E-state index is 12.4. The van der Waals surface area contributed by atoms with Gasteiger partial charge in [0.05, 0.1) is 13.2 Å². The summed E-state index contributed by atoms with van der Waals surface area (Å²) in [6.07, 6.45) is 2.92. The first-order chi connectivity index (χ1) is 9.83. The Hall–Kier alpha value is -1.27. The molecule has 6 heteroatoms. The van der Waals surface area contributed by atoms with E-state index in [0.717, 1.165) is 17.9 Å². The lowest BCUT2D eigenvalue weighted by molar-refractivity contribution is 0.0302. The predicted octanol–water partition coefficient (Wildman–Crippen LogP) is 1.44. The zero-order valence-electron chi connectivity index (χ0n) is 11.3. The van der Waals surface area contributed by atoms with Crippen LogP contribution in [0.2, 0.25) is 0 Å². The molecule has 108 valence electrons. The third-order valence-corrected chi connectivity index (χ3v) is 4.59. The lowest BCUT2D eigenvalue weighted by atomic mass is 10.2. The van der Waals surface area contributed by atoms with Crippen LogP contribution in [0.3, 0.4) is 0 Å². The molecule has 0 aromatic carbocycles. The Bertz CT molecular complexity index is 471. The van der Waals surface area contributed by atoms with Gasteiger partial charge in [-0.15, -0.1) is 0 Å². The van der Waals surface area contributed by atoms with E-state index in [1.54, 1.807) is 18.3 Å². The van der Waals surface area contributed by atoms with Gasteiger partial charge in [0.25, 0.3) is 5.91 Å². The number of pyridine rings is 1. The van der Waals surface area contributed by atoms with Crippen molar-refractivity contribution in [3.63, 3.8) is 0 Å². The van der Waals surface area contributed by atoms with Crippen molar-refractivity contribution in [1.29, 1.82) is 0 Å². The van der Waals surface area contributed by atoms with Crippen LogP contribution in [0.1, 0.15) is 16.8 Å². The Morgan fingerprint density at radius 1 is 1.45 bits per heavy atom. The first-order valence-electron chi connectivity index (χ1n) is 6.90. The number of aromatic nitrogens is 1. The van der Waals surface area contributed by atoms with Crippen LogP contribution in [0, 0.1) is 0 Å². The molecule has 0 spiro atoms. The third kappa shape index (κ3) is 3.24. The number of carbonyl (C=O) groups is 1. The van der Waals surface area contributed by atoms with Crippen molar-refractivity contribution >= 4 is 17.7 Å². The number of carbonyl (C=O) groups excluding carboxylic acids is 1. The van der Waals surface area contributed by atoms with E-state index in [0.29, 0.717) is 37.7 Å². The number of ether oxygens (including phenoxy) is 2. The predicted molar refractivity (Wildman–Crippen MR) is 77.3 cm³/mol. The van der Waals surface area contributed by atoms with E-state index in [2.05, 4.69) is 4.98 Å². The van der Waals surface area contributed by atoms with Gasteiger partial charge in [0.15, 0.2) is 0 Å². The van der Waals surface area contributed by atoms with Gasteiger partial charge in [0.1, 0.15) is 6.10 Å². The smallest absolute Gasteiger partial charge is 0.254 e. The number of morpholine rings is 1. The molecule has 1 atom stereocenters. The molecule has 0 unspecified atom stereocenters. The van der Waals surface area contributed by atoms with Gasteiger partial charge in [0.2, 0.25) is 5.88 Å². The molecule has 0 aliphatic carbocycles. The lowest BCUT2D eigenvalue weighted by Crippen LogP contribution is -2.40. The molecule has 0 bridgehead atoms. The van der Waals surface area contributed by atoms with Crippen LogP contribution in [0.15, 0.2) is 18.3 Å². The lowest BCUT2D eigenvalue weighted by Gasteiger charge is -2.26. The van der Waals surface area contributed by atoms with Crippen LogP contribution in [-0.2, 0) is 4.74 Å². The minimum absolute atomic E-state index is 0.0290. The second-order valence-corrected chi connectivity index (χ2v) is 6.04. The van der Waals surface area contributed by atoms with Crippen LogP contribution in [0.5, 0.6) is 5.88 Å². The van der Waals surface area contributed by atoms with Crippen molar-refractivity contribution in [3.05, 3.63) is 23.9 Å². The molecule has 1 amide bonds. The highest BCUT2D eigenvalue weighted by Crippen LogP contribution is 2.22. The van der Waals surface area contributed by atoms with E-state index in [1.807, 2.05) is 16.7 Å². The molecule has 0 saturated carbocycles. The average molecular weight is 294 g/mol. The maximum Gasteiger partial charge on any atom is 0.254 e. The number of amides is 1. The van der Waals surface area contributed by atoms with Crippen LogP contribution in [0.25, 0.3) is 0 Å². The Balaban J connectivity index is 1.67. The van der Waals surface area contributed by atoms with Crippen molar-refractivity contribution in [2.24, 2.45) is 0 Å². The molecule has 0 N–H and O–H groups in total. The first kappa shape index (κ1) is 13.7. The summed E-state index contributed by atoms with van der Waals surface area (Å²) in [6, 6.07) is 3.49. The Morgan fingerprint density at radius 3 is 3.05 bits per heavy atom. The van der Waals surface area contributed by atoms with Crippen molar-refractivity contribution < 1.29 is 14.3 Å². The van der Waals surface area contributed by atoms with Crippen molar-refractivity contribution in [3.8, 4) is 5.88 Å². The highest BCUT2D eigenvalue weighted by atomic mass is 32.2. The fraction of sp³-hybridized carbons (Fsp3) is 0.571. The molecular weight excluding hydrogens is 276 g/mol. The largest absolute Gasteiger partial charge is 0.473 e. The molecule has 1 aromatic heterocycles. The van der Waals surface area contributed by atoms with E-state index < -0.39 is 0 Å². The summed E-state index contributed by atoms with van der Waals surface area (Å²) >= 11 is 1.89. The second kappa shape index (κ2) is 6.45. The summed E-state index contributed by atoms with van der Waals surface area (Å²) in [5, 5.41) is 0. The highest BCUT2D eigenvalue weighted by Gasteiger charge is 2.21. The fourth-order valence-corrected chi connectivity index (χ4v) is 3.43. The molecule has 1 aromatic rings. The van der Waals surface area contributed by atoms with Gasteiger partial charge in [-0.25, -0.2) is 4.98 Å². The Morgan fingerprint density at radius 2 is 2.30 bits per heavy atom. The van der Waals surface area contributed by atoms with Crippen molar-refractivity contribution in [2.75, 3.05) is 37.8 Å². The van der Waals surface area contributed by atoms with Crippen LogP contribution in [0.4, 0.5) is 0 Å². The number of hydrogen-bond acceptors (Lipinski definition) is 5. The monoisotopic (exact) mass is 294 g/mol. The minimum Gasteiger partial charge on any atom is -0.473 e. The number of nitrogens with zero attached hydrogens (tertiary/aromatic N) is 2. The quantitative estimate of drug-likeness (QED) is 0.844. The SMILES string of the molecule is O=C(c1ccnc(O[C@@H]2CCSC2)c1)N1CCOCC1. The Kier molecular flexibility index (Phi) is 4.42. The molecule has 2 fully saturated rings. The zero-order valence-corrected chi connectivity index (χ0v) is 12.1. The summed E-state index contributed by atoms with van der Waals surface area (Å²) in [4.78, 5) is 18.4. The van der Waals surface area contributed by atoms with Gasteiger partial charge in [0, 0.05) is 36.7 Å². The number of rotatable bonds is 3. The molecule has 3 heterocycles. The second-order valence-electron chi connectivity index (χ2n) is 4.89. The number of thioether (sulfide) groups is 1. The van der Waals surface area contributed by atoms with E-state index >= 15 is 0 Å².